The number of aromatic nitrogens is 2. The second-order valence-corrected chi connectivity index (χ2v) is 6.04. The van der Waals surface area contributed by atoms with Gasteiger partial charge < -0.3 is 15.1 Å². The zero-order valence-corrected chi connectivity index (χ0v) is 14.0. The van der Waals surface area contributed by atoms with Crippen molar-refractivity contribution in [3.63, 3.8) is 0 Å². The second-order valence-electron chi connectivity index (χ2n) is 6.04. The third-order valence-electron chi connectivity index (χ3n) is 4.26. The lowest BCUT2D eigenvalue weighted by Gasteiger charge is -2.32. The lowest BCUT2D eigenvalue weighted by atomic mass is 10.1. The number of amides is 1. The van der Waals surface area contributed by atoms with E-state index in [4.69, 9.17) is 0 Å². The van der Waals surface area contributed by atoms with Crippen LogP contribution < -0.4 is 5.32 Å². The van der Waals surface area contributed by atoms with E-state index >= 15 is 0 Å². The number of hydrogen-bond acceptors (Lipinski definition) is 4. The smallest absolute Gasteiger partial charge is 0.253 e. The summed E-state index contributed by atoms with van der Waals surface area (Å²) in [5, 5.41) is 7.48. The minimum Gasteiger partial charge on any atom is -0.381 e. The highest BCUT2D eigenvalue weighted by atomic mass is 16.2. The Balaban J connectivity index is 1.56. The van der Waals surface area contributed by atoms with Crippen molar-refractivity contribution in [2.45, 2.75) is 6.54 Å². The van der Waals surface area contributed by atoms with E-state index in [-0.39, 0.29) is 5.91 Å². The van der Waals surface area contributed by atoms with Crippen molar-refractivity contribution in [2.75, 3.05) is 38.5 Å². The van der Waals surface area contributed by atoms with Crippen LogP contribution in [0.4, 0.5) is 5.69 Å². The van der Waals surface area contributed by atoms with Gasteiger partial charge in [0.2, 0.25) is 0 Å². The van der Waals surface area contributed by atoms with Crippen LogP contribution in [0.5, 0.6) is 0 Å². The van der Waals surface area contributed by atoms with E-state index in [1.807, 2.05) is 35.4 Å². The van der Waals surface area contributed by atoms with Crippen LogP contribution in [-0.2, 0) is 6.54 Å². The van der Waals surface area contributed by atoms with E-state index in [9.17, 15) is 4.79 Å². The Bertz CT molecular complexity index is 698. The summed E-state index contributed by atoms with van der Waals surface area (Å²) >= 11 is 0. The Kier molecular flexibility index (Phi) is 4.96. The summed E-state index contributed by atoms with van der Waals surface area (Å²) in [6.07, 6.45) is 5.38. The lowest BCUT2D eigenvalue weighted by Crippen LogP contribution is -2.47. The molecule has 0 radical (unpaired) electrons. The number of carbonyl (C=O) groups excluding carboxylic acids is 1. The maximum atomic E-state index is 12.5. The molecule has 0 spiro atoms. The van der Waals surface area contributed by atoms with Crippen molar-refractivity contribution in [2.24, 2.45) is 0 Å². The van der Waals surface area contributed by atoms with Crippen molar-refractivity contribution in [3.8, 4) is 0 Å². The molecule has 1 aromatic heterocycles. The molecule has 0 saturated carbocycles. The third kappa shape index (κ3) is 3.83. The van der Waals surface area contributed by atoms with E-state index in [1.54, 1.807) is 17.1 Å². The van der Waals surface area contributed by atoms with Gasteiger partial charge in [0.05, 0.1) is 6.20 Å². The molecule has 1 saturated heterocycles. The van der Waals surface area contributed by atoms with Crippen LogP contribution in [0, 0.1) is 0 Å². The van der Waals surface area contributed by atoms with Gasteiger partial charge in [-0.1, -0.05) is 6.58 Å². The molecule has 1 aliphatic rings. The number of nitrogens with one attached hydrogen (secondary N) is 1. The van der Waals surface area contributed by atoms with Crippen LogP contribution in [-0.4, -0.2) is 58.7 Å². The Morgan fingerprint density at radius 1 is 1.25 bits per heavy atom. The molecule has 0 aliphatic carbocycles. The number of anilines is 1. The Morgan fingerprint density at radius 2 is 1.96 bits per heavy atom. The fourth-order valence-electron chi connectivity index (χ4n) is 2.70. The van der Waals surface area contributed by atoms with Crippen molar-refractivity contribution in [1.29, 1.82) is 0 Å². The average molecular weight is 325 g/mol. The first kappa shape index (κ1) is 16.3. The first-order valence-electron chi connectivity index (χ1n) is 8.13. The summed E-state index contributed by atoms with van der Waals surface area (Å²) < 4.78 is 1.68. The molecule has 1 N–H and O–H groups in total. The van der Waals surface area contributed by atoms with Crippen LogP contribution in [0.15, 0.2) is 43.2 Å². The second kappa shape index (κ2) is 7.31. The summed E-state index contributed by atoms with van der Waals surface area (Å²) in [7, 11) is 2.08. The van der Waals surface area contributed by atoms with Gasteiger partial charge in [-0.15, -0.1) is 0 Å². The first-order chi connectivity index (χ1) is 11.7. The van der Waals surface area contributed by atoms with Gasteiger partial charge >= 0.3 is 0 Å². The van der Waals surface area contributed by atoms with Gasteiger partial charge in [-0.3, -0.25) is 4.79 Å². The van der Waals surface area contributed by atoms with Crippen molar-refractivity contribution >= 4 is 17.8 Å². The highest BCUT2D eigenvalue weighted by Crippen LogP contribution is 2.14. The number of likely N-dealkylation sites (N-methyl/N-ethyl adjacent to an activating group) is 1. The summed E-state index contributed by atoms with van der Waals surface area (Å²) in [4.78, 5) is 16.7. The summed E-state index contributed by atoms with van der Waals surface area (Å²) in [6.45, 7) is 7.81. The van der Waals surface area contributed by atoms with Crippen LogP contribution in [0.25, 0.3) is 6.20 Å². The molecule has 0 bridgehead atoms. The number of carbonyl (C=O) groups is 1. The molecule has 6 nitrogen and oxygen atoms in total. The maximum absolute atomic E-state index is 12.5. The Labute approximate surface area is 142 Å². The normalized spacial score (nSPS) is 15.3. The zero-order valence-electron chi connectivity index (χ0n) is 14.0. The van der Waals surface area contributed by atoms with Gasteiger partial charge in [0, 0.05) is 61.9 Å². The predicted octanol–water partition coefficient (Wildman–Crippen LogP) is 1.98. The summed E-state index contributed by atoms with van der Waals surface area (Å²) in [5.41, 5.74) is 2.80. The largest absolute Gasteiger partial charge is 0.381 e. The van der Waals surface area contributed by atoms with Gasteiger partial charge in [-0.2, -0.15) is 5.10 Å². The fourth-order valence-corrected chi connectivity index (χ4v) is 2.70. The molecule has 126 valence electrons. The predicted molar refractivity (Wildman–Crippen MR) is 95.8 cm³/mol. The first-order valence-corrected chi connectivity index (χ1v) is 8.13. The van der Waals surface area contributed by atoms with Gasteiger partial charge in [-0.25, -0.2) is 4.68 Å². The molecule has 1 amide bonds. The van der Waals surface area contributed by atoms with Gasteiger partial charge in [0.25, 0.3) is 5.91 Å². The molecule has 3 rings (SSSR count). The SMILES string of the molecule is C=Cn1cc(CNc2ccc(C(=O)N3CCN(C)CC3)cc2)cn1. The Morgan fingerprint density at radius 3 is 2.58 bits per heavy atom. The van der Waals surface area contributed by atoms with Gasteiger partial charge in [-0.05, 0) is 31.3 Å². The molecule has 0 atom stereocenters. The van der Waals surface area contributed by atoms with Crippen LogP contribution in [0.3, 0.4) is 0 Å². The highest BCUT2D eigenvalue weighted by molar-refractivity contribution is 5.94. The van der Waals surface area contributed by atoms with Crippen molar-refractivity contribution in [3.05, 3.63) is 54.4 Å². The van der Waals surface area contributed by atoms with E-state index in [0.29, 0.717) is 6.54 Å². The molecular formula is C18H23N5O. The van der Waals surface area contributed by atoms with E-state index in [1.165, 1.54) is 0 Å². The van der Waals surface area contributed by atoms with E-state index in [2.05, 4.69) is 28.9 Å². The molecular weight excluding hydrogens is 302 g/mol. The maximum Gasteiger partial charge on any atom is 0.253 e. The van der Waals surface area contributed by atoms with Crippen molar-refractivity contribution in [1.82, 2.24) is 19.6 Å². The molecule has 1 aromatic carbocycles. The zero-order chi connectivity index (χ0) is 16.9. The minimum absolute atomic E-state index is 0.113. The van der Waals surface area contributed by atoms with Crippen LogP contribution in [0.2, 0.25) is 0 Å². The van der Waals surface area contributed by atoms with E-state index < -0.39 is 0 Å². The average Bonchev–Trinajstić information content (AvgIpc) is 3.09. The van der Waals surface area contributed by atoms with Gasteiger partial charge in [0.15, 0.2) is 0 Å². The topological polar surface area (TPSA) is 53.4 Å². The minimum atomic E-state index is 0.113. The van der Waals surface area contributed by atoms with Crippen LogP contribution in [0.1, 0.15) is 15.9 Å². The van der Waals surface area contributed by atoms with Gasteiger partial charge in [0.1, 0.15) is 0 Å². The molecule has 1 fully saturated rings. The molecule has 1 aliphatic heterocycles. The standard InChI is InChI=1S/C18H23N5O/c1-3-23-14-15(13-20-23)12-19-17-6-4-16(5-7-17)18(24)22-10-8-21(2)9-11-22/h3-7,13-14,19H,1,8-12H2,2H3. The molecule has 24 heavy (non-hydrogen) atoms. The lowest BCUT2D eigenvalue weighted by molar-refractivity contribution is 0.0664. The quantitative estimate of drug-likeness (QED) is 0.913. The van der Waals surface area contributed by atoms with E-state index in [0.717, 1.165) is 43.0 Å². The molecule has 2 heterocycles. The summed E-state index contributed by atoms with van der Waals surface area (Å²) in [5.74, 6) is 0.113. The number of nitrogens with zero attached hydrogens (tertiary/aromatic N) is 4. The molecule has 0 unspecified atom stereocenters. The Hall–Kier alpha value is -2.60. The number of rotatable bonds is 5. The third-order valence-corrected chi connectivity index (χ3v) is 4.26. The van der Waals surface area contributed by atoms with Crippen molar-refractivity contribution < 1.29 is 4.79 Å². The number of hydrogen-bond donors (Lipinski definition) is 1. The summed E-state index contributed by atoms with van der Waals surface area (Å²) in [6, 6.07) is 7.66. The van der Waals surface area contributed by atoms with Crippen LogP contribution >= 0.6 is 0 Å². The number of benzene rings is 1. The highest BCUT2D eigenvalue weighted by Gasteiger charge is 2.20. The molecule has 6 heteroatoms. The monoisotopic (exact) mass is 325 g/mol. The number of piperazine rings is 1. The molecule has 2 aromatic rings. The fraction of sp³-hybridized carbons (Fsp3) is 0.333.